The maximum absolute atomic E-state index is 12.4. The molecule has 0 aromatic heterocycles. The summed E-state index contributed by atoms with van der Waals surface area (Å²) in [6.45, 7) is 8.53. The second kappa shape index (κ2) is 7.99. The highest BCUT2D eigenvalue weighted by Crippen LogP contribution is 2.48. The summed E-state index contributed by atoms with van der Waals surface area (Å²) in [7, 11) is 0. The lowest BCUT2D eigenvalue weighted by Gasteiger charge is -2.36. The van der Waals surface area contributed by atoms with E-state index in [2.05, 4.69) is 46.3 Å². The van der Waals surface area contributed by atoms with E-state index >= 15 is 0 Å². The lowest BCUT2D eigenvalue weighted by molar-refractivity contribution is -0.126. The molecule has 1 aromatic rings. The normalized spacial score (nSPS) is 28.5. The summed E-state index contributed by atoms with van der Waals surface area (Å²) in [6, 6.07) is 8.80. The molecule has 1 heterocycles. The Hall–Kier alpha value is -1.55. The Kier molecular flexibility index (Phi) is 5.49. The van der Waals surface area contributed by atoms with E-state index in [-0.39, 0.29) is 0 Å². The summed E-state index contributed by atoms with van der Waals surface area (Å²) in [6.07, 6.45) is 6.18. The van der Waals surface area contributed by atoms with E-state index in [1.54, 1.807) is 0 Å². The Bertz CT molecular complexity index is 624. The summed E-state index contributed by atoms with van der Waals surface area (Å²) in [5.41, 5.74) is 2.68. The van der Waals surface area contributed by atoms with Crippen LogP contribution in [0.5, 0.6) is 0 Å². The van der Waals surface area contributed by atoms with Gasteiger partial charge in [-0.15, -0.1) is 0 Å². The average Bonchev–Trinajstić information content (AvgIpc) is 3.29. The minimum Gasteiger partial charge on any atom is -0.369 e. The molecule has 0 spiro atoms. The van der Waals surface area contributed by atoms with E-state index < -0.39 is 0 Å². The molecule has 2 saturated carbocycles. The van der Waals surface area contributed by atoms with Gasteiger partial charge in [-0.2, -0.15) is 0 Å². The van der Waals surface area contributed by atoms with Crippen molar-refractivity contribution in [1.82, 2.24) is 10.2 Å². The van der Waals surface area contributed by atoms with Crippen molar-refractivity contribution < 1.29 is 4.79 Å². The molecule has 1 aliphatic heterocycles. The summed E-state index contributed by atoms with van der Waals surface area (Å²) in [5, 5.41) is 3.21. The lowest BCUT2D eigenvalue weighted by Crippen LogP contribution is -2.47. The third-order valence-electron chi connectivity index (χ3n) is 6.76. The van der Waals surface area contributed by atoms with Gasteiger partial charge in [0.15, 0.2) is 0 Å². The van der Waals surface area contributed by atoms with Crippen LogP contribution in [-0.4, -0.2) is 50.1 Å². The molecule has 3 atom stereocenters. The number of piperazine rings is 1. The van der Waals surface area contributed by atoms with Crippen molar-refractivity contribution in [2.45, 2.75) is 39.0 Å². The van der Waals surface area contributed by atoms with Gasteiger partial charge >= 0.3 is 0 Å². The van der Waals surface area contributed by atoms with Crippen LogP contribution < -0.4 is 10.2 Å². The molecule has 0 unspecified atom stereocenters. The zero-order valence-electron chi connectivity index (χ0n) is 16.1. The number of aryl methyl sites for hydroxylation is 1. The fraction of sp³-hybridized carbons (Fsp3) is 0.682. The third-order valence-corrected chi connectivity index (χ3v) is 6.76. The van der Waals surface area contributed by atoms with Crippen molar-refractivity contribution in [2.24, 2.45) is 17.8 Å². The number of carbonyl (C=O) groups excluding carboxylic acids is 1. The van der Waals surface area contributed by atoms with E-state index in [1.165, 1.54) is 30.5 Å². The number of anilines is 1. The van der Waals surface area contributed by atoms with Crippen LogP contribution in [-0.2, 0) is 4.79 Å². The fourth-order valence-electron chi connectivity index (χ4n) is 5.27. The Labute approximate surface area is 157 Å². The van der Waals surface area contributed by atoms with Crippen LogP contribution in [0.1, 0.15) is 37.7 Å². The molecule has 1 N–H and O–H groups in total. The van der Waals surface area contributed by atoms with Gasteiger partial charge in [0.05, 0.1) is 0 Å². The largest absolute Gasteiger partial charge is 0.369 e. The van der Waals surface area contributed by atoms with Gasteiger partial charge in [0.25, 0.3) is 0 Å². The molecule has 4 rings (SSSR count). The number of nitrogens with one attached hydrogen (secondary N) is 1. The molecule has 142 valence electrons. The lowest BCUT2D eigenvalue weighted by atomic mass is 9.88. The molecular formula is C22H33N3O. The van der Waals surface area contributed by atoms with Crippen LogP contribution in [0, 0.1) is 24.7 Å². The second-order valence-electron chi connectivity index (χ2n) is 8.59. The average molecular weight is 356 g/mol. The molecule has 4 heteroatoms. The number of nitrogens with zero attached hydrogens (tertiary/aromatic N) is 2. The first-order valence-electron chi connectivity index (χ1n) is 10.5. The van der Waals surface area contributed by atoms with E-state index in [1.807, 2.05) is 0 Å². The SMILES string of the molecule is Cc1cccc(N2CCN(CCCNC(=O)[C@@H]3C[C@H]4CC[C@H]3C4)CC2)c1. The number of carbonyl (C=O) groups is 1. The summed E-state index contributed by atoms with van der Waals surface area (Å²) < 4.78 is 0. The van der Waals surface area contributed by atoms with Gasteiger partial charge in [-0.3, -0.25) is 9.69 Å². The maximum Gasteiger partial charge on any atom is 0.223 e. The van der Waals surface area contributed by atoms with Crippen LogP contribution in [0.3, 0.4) is 0 Å². The Balaban J connectivity index is 1.13. The van der Waals surface area contributed by atoms with Crippen molar-refractivity contribution in [3.05, 3.63) is 29.8 Å². The monoisotopic (exact) mass is 355 g/mol. The molecule has 3 aliphatic rings. The van der Waals surface area contributed by atoms with E-state index in [0.29, 0.717) is 17.7 Å². The first kappa shape index (κ1) is 17.8. The summed E-state index contributed by atoms with van der Waals surface area (Å²) in [4.78, 5) is 17.4. The van der Waals surface area contributed by atoms with E-state index in [9.17, 15) is 4.79 Å². The van der Waals surface area contributed by atoms with Crippen LogP contribution >= 0.6 is 0 Å². The molecule has 26 heavy (non-hydrogen) atoms. The van der Waals surface area contributed by atoms with Gasteiger partial charge < -0.3 is 10.2 Å². The Morgan fingerprint density at radius 1 is 1.15 bits per heavy atom. The fourth-order valence-corrected chi connectivity index (χ4v) is 5.27. The zero-order chi connectivity index (χ0) is 17.9. The molecule has 2 aliphatic carbocycles. The number of hydrogen-bond acceptors (Lipinski definition) is 3. The maximum atomic E-state index is 12.4. The van der Waals surface area contributed by atoms with E-state index in [0.717, 1.165) is 58.0 Å². The smallest absolute Gasteiger partial charge is 0.223 e. The second-order valence-corrected chi connectivity index (χ2v) is 8.59. The van der Waals surface area contributed by atoms with Crippen LogP contribution in [0.2, 0.25) is 0 Å². The molecule has 2 bridgehead atoms. The van der Waals surface area contributed by atoms with Crippen molar-refractivity contribution in [3.63, 3.8) is 0 Å². The van der Waals surface area contributed by atoms with Crippen LogP contribution in [0.15, 0.2) is 24.3 Å². The van der Waals surface area contributed by atoms with E-state index in [4.69, 9.17) is 0 Å². The molecule has 0 radical (unpaired) electrons. The highest BCUT2D eigenvalue weighted by molar-refractivity contribution is 5.79. The van der Waals surface area contributed by atoms with Crippen molar-refractivity contribution >= 4 is 11.6 Å². The summed E-state index contributed by atoms with van der Waals surface area (Å²) >= 11 is 0. The van der Waals surface area contributed by atoms with Crippen LogP contribution in [0.4, 0.5) is 5.69 Å². The molecular weight excluding hydrogens is 322 g/mol. The quantitative estimate of drug-likeness (QED) is 0.797. The van der Waals surface area contributed by atoms with Gasteiger partial charge in [-0.1, -0.05) is 18.6 Å². The predicted molar refractivity (Wildman–Crippen MR) is 106 cm³/mol. The van der Waals surface area contributed by atoms with Crippen molar-refractivity contribution in [1.29, 1.82) is 0 Å². The van der Waals surface area contributed by atoms with Gasteiger partial charge in [0.2, 0.25) is 5.91 Å². The molecule has 3 fully saturated rings. The van der Waals surface area contributed by atoms with Gasteiger partial charge in [0, 0.05) is 44.3 Å². The molecule has 1 saturated heterocycles. The topological polar surface area (TPSA) is 35.6 Å². The number of amides is 1. The van der Waals surface area contributed by atoms with Gasteiger partial charge in [0.1, 0.15) is 0 Å². The van der Waals surface area contributed by atoms with Gasteiger partial charge in [-0.05, 0) is 68.7 Å². The zero-order valence-corrected chi connectivity index (χ0v) is 16.1. The predicted octanol–water partition coefficient (Wildman–Crippen LogP) is 3.06. The number of hydrogen-bond donors (Lipinski definition) is 1. The Morgan fingerprint density at radius 3 is 2.69 bits per heavy atom. The first-order valence-corrected chi connectivity index (χ1v) is 10.5. The molecule has 1 amide bonds. The highest BCUT2D eigenvalue weighted by atomic mass is 16.1. The van der Waals surface area contributed by atoms with Crippen LogP contribution in [0.25, 0.3) is 0 Å². The summed E-state index contributed by atoms with van der Waals surface area (Å²) in [5.74, 6) is 2.20. The van der Waals surface area contributed by atoms with Crippen molar-refractivity contribution in [3.8, 4) is 0 Å². The van der Waals surface area contributed by atoms with Gasteiger partial charge in [-0.25, -0.2) is 0 Å². The third kappa shape index (κ3) is 4.06. The first-order chi connectivity index (χ1) is 12.7. The molecule has 4 nitrogen and oxygen atoms in total. The Morgan fingerprint density at radius 2 is 2.00 bits per heavy atom. The minimum absolute atomic E-state index is 0.326. The highest BCUT2D eigenvalue weighted by Gasteiger charge is 2.42. The minimum atomic E-state index is 0.326. The van der Waals surface area contributed by atoms with Crippen molar-refractivity contribution in [2.75, 3.05) is 44.2 Å². The molecule has 1 aromatic carbocycles. The standard InChI is InChI=1S/C22H33N3O/c1-17-4-2-5-20(14-17)25-12-10-24(11-13-25)9-3-8-23-22(26)21-16-18-6-7-19(21)15-18/h2,4-5,14,18-19,21H,3,6-13,15-16H2,1H3,(H,23,26)/t18-,19-,21+/m0/s1. The number of benzene rings is 1. The number of fused-ring (bicyclic) bond motifs is 2. The number of rotatable bonds is 6.